The molecular formula is C17H25F2N7. The lowest BCUT2D eigenvalue weighted by molar-refractivity contribution is 0.282. The molecule has 0 aliphatic carbocycles. The van der Waals surface area contributed by atoms with Crippen molar-refractivity contribution in [3.8, 4) is 0 Å². The standard InChI is InChI=1S/C17H25F2N7/c1-5-20-17(22-10-15-23-11-24-26(15)4)21-9-14(25(2)3)16-12(18)7-6-8-13(16)19/h6-8,11,14H,5,9-10H2,1-4H3,(H2,20,21,22). The number of aliphatic imine (C=N–C) groups is 1. The lowest BCUT2D eigenvalue weighted by atomic mass is 10.0. The molecule has 1 aromatic carbocycles. The first-order valence-corrected chi connectivity index (χ1v) is 8.39. The van der Waals surface area contributed by atoms with Crippen LogP contribution < -0.4 is 10.6 Å². The zero-order valence-corrected chi connectivity index (χ0v) is 15.5. The van der Waals surface area contributed by atoms with Crippen molar-refractivity contribution in [3.05, 3.63) is 47.5 Å². The van der Waals surface area contributed by atoms with Crippen molar-refractivity contribution >= 4 is 5.96 Å². The molecule has 26 heavy (non-hydrogen) atoms. The van der Waals surface area contributed by atoms with Gasteiger partial charge < -0.3 is 15.5 Å². The number of aryl methyl sites for hydroxylation is 1. The van der Waals surface area contributed by atoms with Gasteiger partial charge in [0.05, 0.1) is 6.04 Å². The van der Waals surface area contributed by atoms with Crippen molar-refractivity contribution in [3.63, 3.8) is 0 Å². The van der Waals surface area contributed by atoms with Crippen LogP contribution in [0.1, 0.15) is 24.4 Å². The molecule has 0 amide bonds. The van der Waals surface area contributed by atoms with Crippen molar-refractivity contribution < 1.29 is 8.78 Å². The van der Waals surface area contributed by atoms with E-state index in [0.29, 0.717) is 24.9 Å². The van der Waals surface area contributed by atoms with Crippen LogP contribution in [-0.2, 0) is 13.6 Å². The maximum Gasteiger partial charge on any atom is 0.191 e. The van der Waals surface area contributed by atoms with Crippen LogP contribution in [0.3, 0.4) is 0 Å². The Morgan fingerprint density at radius 1 is 1.27 bits per heavy atom. The molecule has 0 aliphatic rings. The lowest BCUT2D eigenvalue weighted by Gasteiger charge is -2.26. The number of hydrogen-bond acceptors (Lipinski definition) is 4. The highest BCUT2D eigenvalue weighted by Gasteiger charge is 2.22. The third-order valence-corrected chi connectivity index (χ3v) is 3.95. The van der Waals surface area contributed by atoms with Crippen LogP contribution in [0.2, 0.25) is 0 Å². The van der Waals surface area contributed by atoms with Crippen molar-refractivity contribution in [1.29, 1.82) is 0 Å². The van der Waals surface area contributed by atoms with Gasteiger partial charge in [-0.3, -0.25) is 4.68 Å². The van der Waals surface area contributed by atoms with Crippen LogP contribution in [0.5, 0.6) is 0 Å². The molecule has 2 aromatic rings. The van der Waals surface area contributed by atoms with Gasteiger partial charge in [0.25, 0.3) is 0 Å². The molecule has 0 spiro atoms. The van der Waals surface area contributed by atoms with Gasteiger partial charge in [-0.15, -0.1) is 0 Å². The summed E-state index contributed by atoms with van der Waals surface area (Å²) < 4.78 is 30.0. The highest BCUT2D eigenvalue weighted by Crippen LogP contribution is 2.23. The zero-order valence-electron chi connectivity index (χ0n) is 15.5. The number of rotatable bonds is 7. The Hall–Kier alpha value is -2.55. The Bertz CT molecular complexity index is 722. The fourth-order valence-corrected chi connectivity index (χ4v) is 2.52. The SMILES string of the molecule is CCNC(=NCc1ncnn1C)NCC(c1c(F)cccc1F)N(C)C. The second kappa shape index (κ2) is 9.23. The summed E-state index contributed by atoms with van der Waals surface area (Å²) in [5, 5.41) is 10.3. The number of guanidine groups is 1. The maximum atomic E-state index is 14.2. The third kappa shape index (κ3) is 4.98. The molecule has 2 N–H and O–H groups in total. The predicted molar refractivity (Wildman–Crippen MR) is 96.6 cm³/mol. The van der Waals surface area contributed by atoms with Crippen LogP contribution in [0.4, 0.5) is 8.78 Å². The van der Waals surface area contributed by atoms with E-state index in [1.807, 2.05) is 6.92 Å². The quantitative estimate of drug-likeness (QED) is 0.574. The summed E-state index contributed by atoms with van der Waals surface area (Å²) in [5.41, 5.74) is 0.0362. The Balaban J connectivity index is 2.13. The summed E-state index contributed by atoms with van der Waals surface area (Å²) in [6.07, 6.45) is 1.47. The van der Waals surface area contributed by atoms with Crippen LogP contribution in [0, 0.1) is 11.6 Å². The lowest BCUT2D eigenvalue weighted by Crippen LogP contribution is -2.42. The average Bonchev–Trinajstić information content (AvgIpc) is 2.99. The number of nitrogens with one attached hydrogen (secondary N) is 2. The first kappa shape index (κ1) is 19.8. The fourth-order valence-electron chi connectivity index (χ4n) is 2.52. The summed E-state index contributed by atoms with van der Waals surface area (Å²) in [6, 6.07) is 3.40. The Kier molecular flexibility index (Phi) is 7.02. The summed E-state index contributed by atoms with van der Waals surface area (Å²) >= 11 is 0. The number of likely N-dealkylation sites (N-methyl/N-ethyl adjacent to an activating group) is 1. The molecule has 0 radical (unpaired) electrons. The molecule has 2 rings (SSSR count). The van der Waals surface area contributed by atoms with E-state index in [9.17, 15) is 8.78 Å². The number of hydrogen-bond donors (Lipinski definition) is 2. The largest absolute Gasteiger partial charge is 0.357 e. The molecule has 1 aromatic heterocycles. The molecule has 0 saturated heterocycles. The summed E-state index contributed by atoms with van der Waals surface area (Å²) in [5.74, 6) is 0.128. The van der Waals surface area contributed by atoms with Gasteiger partial charge in [-0.25, -0.2) is 18.8 Å². The van der Waals surface area contributed by atoms with Gasteiger partial charge in [0.2, 0.25) is 0 Å². The van der Waals surface area contributed by atoms with Crippen LogP contribution in [-0.4, -0.2) is 52.8 Å². The van der Waals surface area contributed by atoms with Crippen LogP contribution in [0.15, 0.2) is 29.5 Å². The van der Waals surface area contributed by atoms with Gasteiger partial charge in [-0.05, 0) is 33.2 Å². The monoisotopic (exact) mass is 365 g/mol. The molecule has 1 unspecified atom stereocenters. The van der Waals surface area contributed by atoms with Gasteiger partial charge in [0.1, 0.15) is 30.3 Å². The second-order valence-corrected chi connectivity index (χ2v) is 5.99. The number of nitrogens with zero attached hydrogens (tertiary/aromatic N) is 5. The van der Waals surface area contributed by atoms with Gasteiger partial charge in [-0.1, -0.05) is 6.07 Å². The van der Waals surface area contributed by atoms with E-state index >= 15 is 0 Å². The minimum absolute atomic E-state index is 0.0362. The number of benzene rings is 1. The van der Waals surface area contributed by atoms with Gasteiger partial charge in [0.15, 0.2) is 5.96 Å². The van der Waals surface area contributed by atoms with E-state index in [-0.39, 0.29) is 12.1 Å². The Labute approximate surface area is 152 Å². The van der Waals surface area contributed by atoms with Crippen molar-refractivity contribution in [2.45, 2.75) is 19.5 Å². The molecule has 9 heteroatoms. The van der Waals surface area contributed by atoms with E-state index in [2.05, 4.69) is 25.7 Å². The zero-order chi connectivity index (χ0) is 19.1. The molecule has 142 valence electrons. The first-order valence-electron chi connectivity index (χ1n) is 8.39. The van der Waals surface area contributed by atoms with Crippen molar-refractivity contribution in [1.82, 2.24) is 30.3 Å². The molecule has 7 nitrogen and oxygen atoms in total. The topological polar surface area (TPSA) is 70.4 Å². The highest BCUT2D eigenvalue weighted by atomic mass is 19.1. The fraction of sp³-hybridized carbons (Fsp3) is 0.471. The Morgan fingerprint density at radius 2 is 1.96 bits per heavy atom. The second-order valence-electron chi connectivity index (χ2n) is 5.99. The number of halogens is 2. The molecule has 1 atom stereocenters. The van der Waals surface area contributed by atoms with E-state index in [1.54, 1.807) is 30.7 Å². The molecular weight excluding hydrogens is 340 g/mol. The normalized spacial score (nSPS) is 13.1. The van der Waals surface area contributed by atoms with Crippen LogP contribution in [0.25, 0.3) is 0 Å². The first-order chi connectivity index (χ1) is 12.4. The van der Waals surface area contributed by atoms with Crippen molar-refractivity contribution in [2.75, 3.05) is 27.2 Å². The van der Waals surface area contributed by atoms with Gasteiger partial charge in [-0.2, -0.15) is 5.10 Å². The molecule has 0 bridgehead atoms. The summed E-state index contributed by atoms with van der Waals surface area (Å²) in [6.45, 7) is 3.23. The molecule has 0 aliphatic heterocycles. The van der Waals surface area contributed by atoms with Crippen LogP contribution >= 0.6 is 0 Å². The number of aromatic nitrogens is 3. The van der Waals surface area contributed by atoms with E-state index < -0.39 is 17.7 Å². The van der Waals surface area contributed by atoms with E-state index in [1.165, 1.54) is 24.5 Å². The third-order valence-electron chi connectivity index (χ3n) is 3.95. The smallest absolute Gasteiger partial charge is 0.191 e. The Morgan fingerprint density at radius 3 is 2.50 bits per heavy atom. The van der Waals surface area contributed by atoms with Crippen molar-refractivity contribution in [2.24, 2.45) is 12.0 Å². The average molecular weight is 365 g/mol. The molecule has 0 saturated carbocycles. The maximum absolute atomic E-state index is 14.2. The minimum atomic E-state index is -0.563. The molecule has 1 heterocycles. The van der Waals surface area contributed by atoms with Gasteiger partial charge >= 0.3 is 0 Å². The summed E-state index contributed by atoms with van der Waals surface area (Å²) in [7, 11) is 5.35. The minimum Gasteiger partial charge on any atom is -0.357 e. The predicted octanol–water partition coefficient (Wildman–Crippen LogP) is 1.45. The summed E-state index contributed by atoms with van der Waals surface area (Å²) in [4.78, 5) is 10.3. The highest BCUT2D eigenvalue weighted by molar-refractivity contribution is 5.79. The van der Waals surface area contributed by atoms with Gasteiger partial charge in [0, 0.05) is 25.7 Å². The van der Waals surface area contributed by atoms with E-state index in [0.717, 1.165) is 0 Å². The van der Waals surface area contributed by atoms with E-state index in [4.69, 9.17) is 0 Å². The molecule has 0 fully saturated rings.